The summed E-state index contributed by atoms with van der Waals surface area (Å²) in [5.74, 6) is -1.79. The minimum atomic E-state index is -3.72. The Hall–Kier alpha value is -2.76. The van der Waals surface area contributed by atoms with Crippen LogP contribution in [-0.2, 0) is 19.6 Å². The molecule has 2 aromatic carbocycles. The number of hydrogen-bond donors (Lipinski definition) is 2. The predicted octanol–water partition coefficient (Wildman–Crippen LogP) is 3.81. The van der Waals surface area contributed by atoms with Gasteiger partial charge < -0.3 is 14.8 Å². The second kappa shape index (κ2) is 11.2. The van der Waals surface area contributed by atoms with Gasteiger partial charge in [-0.05, 0) is 55.8 Å². The number of benzene rings is 2. The Morgan fingerprint density at radius 3 is 2.34 bits per heavy atom. The molecule has 2 rings (SSSR count). The Morgan fingerprint density at radius 1 is 1.12 bits per heavy atom. The van der Waals surface area contributed by atoms with E-state index in [-0.39, 0.29) is 33.0 Å². The summed E-state index contributed by atoms with van der Waals surface area (Å²) in [7, 11) is -3.72. The van der Waals surface area contributed by atoms with Crippen LogP contribution in [-0.4, -0.2) is 39.6 Å². The number of amides is 1. The van der Waals surface area contributed by atoms with Crippen LogP contribution in [0.5, 0.6) is 5.75 Å². The monoisotopic (exact) mass is 490 g/mol. The minimum absolute atomic E-state index is 0.0109. The quantitative estimate of drug-likeness (QED) is 0.490. The maximum absolute atomic E-state index is 12.2. The smallest absolute Gasteiger partial charge is 0.387 e. The SMILES string of the molecule is CCC(C)NS(=O)(=O)c1ccc(C(=O)OCC(=O)Nc2ccc(OC(F)F)c(Cl)c2)cc1. The maximum Gasteiger partial charge on any atom is 0.387 e. The second-order valence-corrected chi connectivity index (χ2v) is 8.72. The molecule has 32 heavy (non-hydrogen) atoms. The first-order chi connectivity index (χ1) is 15.0. The van der Waals surface area contributed by atoms with E-state index in [2.05, 4.69) is 14.8 Å². The lowest BCUT2D eigenvalue weighted by Gasteiger charge is -2.12. The molecule has 1 unspecified atom stereocenters. The van der Waals surface area contributed by atoms with Crippen molar-refractivity contribution in [1.29, 1.82) is 0 Å². The van der Waals surface area contributed by atoms with E-state index in [1.807, 2.05) is 6.92 Å². The minimum Gasteiger partial charge on any atom is -0.452 e. The molecule has 2 aromatic rings. The summed E-state index contributed by atoms with van der Waals surface area (Å²) >= 11 is 5.80. The van der Waals surface area contributed by atoms with Crippen LogP contribution in [0.15, 0.2) is 47.4 Å². The Kier molecular flexibility index (Phi) is 8.93. The number of carbonyl (C=O) groups excluding carboxylic acids is 2. The van der Waals surface area contributed by atoms with Gasteiger partial charge in [-0.3, -0.25) is 4.79 Å². The number of hydrogen-bond acceptors (Lipinski definition) is 6. The fraction of sp³-hybridized carbons (Fsp3) is 0.300. The first-order valence-electron chi connectivity index (χ1n) is 9.35. The molecule has 0 fully saturated rings. The van der Waals surface area contributed by atoms with Crippen molar-refractivity contribution in [2.45, 2.75) is 37.8 Å². The molecule has 0 radical (unpaired) electrons. The predicted molar refractivity (Wildman–Crippen MR) is 114 cm³/mol. The zero-order valence-electron chi connectivity index (χ0n) is 17.1. The Morgan fingerprint density at radius 2 is 1.78 bits per heavy atom. The molecule has 0 aliphatic rings. The Bertz CT molecular complexity index is 1060. The first-order valence-corrected chi connectivity index (χ1v) is 11.2. The van der Waals surface area contributed by atoms with Gasteiger partial charge in [0.15, 0.2) is 6.61 Å². The number of halogens is 3. The average molecular weight is 491 g/mol. The molecule has 1 amide bonds. The van der Waals surface area contributed by atoms with E-state index in [1.165, 1.54) is 36.4 Å². The normalized spacial score (nSPS) is 12.3. The molecule has 0 bridgehead atoms. The molecule has 1 atom stereocenters. The molecule has 8 nitrogen and oxygen atoms in total. The van der Waals surface area contributed by atoms with Crippen LogP contribution < -0.4 is 14.8 Å². The van der Waals surface area contributed by atoms with Gasteiger partial charge in [0.2, 0.25) is 10.0 Å². The van der Waals surface area contributed by atoms with Crippen LogP contribution in [0, 0.1) is 0 Å². The number of esters is 1. The summed E-state index contributed by atoms with van der Waals surface area (Å²) in [6.45, 7) is -0.110. The number of nitrogens with one attached hydrogen (secondary N) is 2. The summed E-state index contributed by atoms with van der Waals surface area (Å²) in [5, 5.41) is 2.25. The number of alkyl halides is 2. The van der Waals surface area contributed by atoms with Crippen molar-refractivity contribution in [2.75, 3.05) is 11.9 Å². The van der Waals surface area contributed by atoms with Gasteiger partial charge in [0.1, 0.15) is 5.75 Å². The van der Waals surface area contributed by atoms with Crippen LogP contribution in [0.2, 0.25) is 5.02 Å². The van der Waals surface area contributed by atoms with Crippen LogP contribution in [0.25, 0.3) is 0 Å². The lowest BCUT2D eigenvalue weighted by atomic mass is 10.2. The summed E-state index contributed by atoms with van der Waals surface area (Å²) in [4.78, 5) is 24.1. The highest BCUT2D eigenvalue weighted by Crippen LogP contribution is 2.28. The third-order valence-electron chi connectivity index (χ3n) is 4.14. The molecule has 0 spiro atoms. The highest BCUT2D eigenvalue weighted by atomic mass is 35.5. The van der Waals surface area contributed by atoms with E-state index in [0.29, 0.717) is 6.42 Å². The fourth-order valence-corrected chi connectivity index (χ4v) is 3.92. The maximum atomic E-state index is 12.2. The molecule has 0 aliphatic heterocycles. The number of ether oxygens (including phenoxy) is 2. The summed E-state index contributed by atoms with van der Waals surface area (Å²) in [6.07, 6.45) is 0.617. The topological polar surface area (TPSA) is 111 Å². The van der Waals surface area contributed by atoms with Gasteiger partial charge in [-0.15, -0.1) is 0 Å². The van der Waals surface area contributed by atoms with Crippen molar-refractivity contribution in [2.24, 2.45) is 0 Å². The molecule has 0 heterocycles. The lowest BCUT2D eigenvalue weighted by Crippen LogP contribution is -2.32. The molecule has 12 heteroatoms. The van der Waals surface area contributed by atoms with Crippen molar-refractivity contribution in [3.63, 3.8) is 0 Å². The van der Waals surface area contributed by atoms with Gasteiger partial charge in [-0.1, -0.05) is 18.5 Å². The zero-order valence-corrected chi connectivity index (χ0v) is 18.7. The summed E-state index contributed by atoms with van der Waals surface area (Å²) in [5.41, 5.74) is 0.234. The molecular formula is C20H21ClF2N2O6S. The van der Waals surface area contributed by atoms with Gasteiger partial charge in [0, 0.05) is 11.7 Å². The van der Waals surface area contributed by atoms with Crippen molar-refractivity contribution in [3.8, 4) is 5.75 Å². The van der Waals surface area contributed by atoms with Crippen molar-refractivity contribution < 1.29 is 36.3 Å². The van der Waals surface area contributed by atoms with Crippen LogP contribution in [0.1, 0.15) is 30.6 Å². The fourth-order valence-electron chi connectivity index (χ4n) is 2.37. The van der Waals surface area contributed by atoms with E-state index in [1.54, 1.807) is 6.92 Å². The zero-order chi connectivity index (χ0) is 23.9. The van der Waals surface area contributed by atoms with Gasteiger partial charge in [-0.25, -0.2) is 17.9 Å². The summed E-state index contributed by atoms with van der Waals surface area (Å²) in [6, 6.07) is 8.45. The third-order valence-corrected chi connectivity index (χ3v) is 6.04. The Labute approximate surface area is 188 Å². The summed E-state index contributed by atoms with van der Waals surface area (Å²) < 4.78 is 60.5. The van der Waals surface area contributed by atoms with E-state index >= 15 is 0 Å². The highest BCUT2D eigenvalue weighted by Gasteiger charge is 2.18. The highest BCUT2D eigenvalue weighted by molar-refractivity contribution is 7.89. The van der Waals surface area contributed by atoms with Crippen LogP contribution in [0.4, 0.5) is 14.5 Å². The van der Waals surface area contributed by atoms with E-state index in [0.717, 1.165) is 6.07 Å². The molecule has 174 valence electrons. The van der Waals surface area contributed by atoms with E-state index in [4.69, 9.17) is 16.3 Å². The average Bonchev–Trinajstić information content (AvgIpc) is 2.73. The van der Waals surface area contributed by atoms with Crippen LogP contribution in [0.3, 0.4) is 0 Å². The standard InChI is InChI=1S/C20H21ClF2N2O6S/c1-3-12(2)25-32(28,29)15-7-4-13(5-8-15)19(27)30-11-18(26)24-14-6-9-17(16(21)10-14)31-20(22)23/h4-10,12,20,25H,3,11H2,1-2H3,(H,24,26). The van der Waals surface area contributed by atoms with Gasteiger partial charge in [0.05, 0.1) is 15.5 Å². The number of anilines is 1. The first kappa shape index (κ1) is 25.5. The van der Waals surface area contributed by atoms with E-state index in [9.17, 15) is 26.8 Å². The molecule has 0 aliphatic carbocycles. The number of carbonyl (C=O) groups is 2. The Balaban J connectivity index is 1.92. The molecular weight excluding hydrogens is 470 g/mol. The number of rotatable bonds is 10. The molecule has 0 saturated carbocycles. The largest absolute Gasteiger partial charge is 0.452 e. The second-order valence-electron chi connectivity index (χ2n) is 6.60. The van der Waals surface area contributed by atoms with Gasteiger partial charge in [0.25, 0.3) is 5.91 Å². The molecule has 2 N–H and O–H groups in total. The number of sulfonamides is 1. The molecule has 0 aromatic heterocycles. The van der Waals surface area contributed by atoms with Crippen LogP contribution >= 0.6 is 11.6 Å². The van der Waals surface area contributed by atoms with Gasteiger partial charge >= 0.3 is 12.6 Å². The van der Waals surface area contributed by atoms with E-state index < -0.39 is 35.1 Å². The van der Waals surface area contributed by atoms with Crippen molar-refractivity contribution in [1.82, 2.24) is 4.72 Å². The van der Waals surface area contributed by atoms with Crippen molar-refractivity contribution in [3.05, 3.63) is 53.1 Å². The van der Waals surface area contributed by atoms with Gasteiger partial charge in [-0.2, -0.15) is 8.78 Å². The molecule has 0 saturated heterocycles. The third kappa shape index (κ3) is 7.43. The van der Waals surface area contributed by atoms with Crippen molar-refractivity contribution >= 4 is 39.2 Å². The lowest BCUT2D eigenvalue weighted by molar-refractivity contribution is -0.119.